The molecular formula is C14H19ClN2O. The van der Waals surface area contributed by atoms with Crippen LogP contribution in [0.5, 0.6) is 0 Å². The Morgan fingerprint density at radius 1 is 1.33 bits per heavy atom. The van der Waals surface area contributed by atoms with Gasteiger partial charge in [-0.25, -0.2) is 0 Å². The molecule has 0 spiro atoms. The van der Waals surface area contributed by atoms with E-state index in [0.717, 1.165) is 23.4 Å². The molecule has 2 rings (SSSR count). The molecule has 0 radical (unpaired) electrons. The van der Waals surface area contributed by atoms with E-state index in [4.69, 9.17) is 11.6 Å². The van der Waals surface area contributed by atoms with Crippen molar-refractivity contribution in [3.63, 3.8) is 0 Å². The van der Waals surface area contributed by atoms with Gasteiger partial charge in [-0.05, 0) is 38.3 Å². The topological polar surface area (TPSA) is 41.1 Å². The summed E-state index contributed by atoms with van der Waals surface area (Å²) in [5.41, 5.74) is 1.02. The van der Waals surface area contributed by atoms with Crippen LogP contribution in [-0.2, 0) is 4.79 Å². The average molecular weight is 267 g/mol. The third kappa shape index (κ3) is 3.47. The van der Waals surface area contributed by atoms with Gasteiger partial charge in [-0.3, -0.25) is 10.1 Å². The first-order valence-corrected chi connectivity index (χ1v) is 6.76. The molecule has 1 aromatic carbocycles. The van der Waals surface area contributed by atoms with Crippen molar-refractivity contribution in [2.45, 2.75) is 44.8 Å². The Hall–Kier alpha value is -1.06. The number of halogens is 1. The third-order valence-corrected chi connectivity index (χ3v) is 3.53. The Kier molecular flexibility index (Phi) is 4.25. The lowest BCUT2D eigenvalue weighted by atomic mass is 10.1. The van der Waals surface area contributed by atoms with Crippen LogP contribution in [0.25, 0.3) is 0 Å². The Labute approximate surface area is 113 Å². The molecule has 1 amide bonds. The molecule has 1 aliphatic rings. The SMILES string of the molecule is C[C@H](N[C@H](C)c1ccccc1Cl)C(=O)NC1CC1. The molecule has 0 bridgehead atoms. The number of amides is 1. The van der Waals surface area contributed by atoms with Crippen LogP contribution >= 0.6 is 11.6 Å². The van der Waals surface area contributed by atoms with Gasteiger partial charge in [0, 0.05) is 17.1 Å². The molecule has 18 heavy (non-hydrogen) atoms. The Morgan fingerprint density at radius 3 is 2.61 bits per heavy atom. The molecule has 2 atom stereocenters. The van der Waals surface area contributed by atoms with Crippen molar-refractivity contribution in [1.82, 2.24) is 10.6 Å². The largest absolute Gasteiger partial charge is 0.352 e. The average Bonchev–Trinajstić information content (AvgIpc) is 3.13. The smallest absolute Gasteiger partial charge is 0.237 e. The summed E-state index contributed by atoms with van der Waals surface area (Å²) in [7, 11) is 0. The lowest BCUT2D eigenvalue weighted by Crippen LogP contribution is -2.43. The fourth-order valence-corrected chi connectivity index (χ4v) is 2.22. The van der Waals surface area contributed by atoms with Crippen LogP contribution in [-0.4, -0.2) is 18.0 Å². The lowest BCUT2D eigenvalue weighted by Gasteiger charge is -2.20. The fraction of sp³-hybridized carbons (Fsp3) is 0.500. The van der Waals surface area contributed by atoms with Gasteiger partial charge < -0.3 is 5.32 Å². The van der Waals surface area contributed by atoms with E-state index in [2.05, 4.69) is 10.6 Å². The molecular weight excluding hydrogens is 248 g/mol. The summed E-state index contributed by atoms with van der Waals surface area (Å²) in [4.78, 5) is 11.8. The molecule has 2 N–H and O–H groups in total. The molecule has 98 valence electrons. The van der Waals surface area contributed by atoms with Gasteiger partial charge in [-0.1, -0.05) is 29.8 Å². The van der Waals surface area contributed by atoms with Crippen molar-refractivity contribution in [3.05, 3.63) is 34.9 Å². The van der Waals surface area contributed by atoms with Gasteiger partial charge in [0.05, 0.1) is 6.04 Å². The molecule has 3 nitrogen and oxygen atoms in total. The lowest BCUT2D eigenvalue weighted by molar-refractivity contribution is -0.123. The first kappa shape index (κ1) is 13.4. The van der Waals surface area contributed by atoms with Crippen molar-refractivity contribution in [2.24, 2.45) is 0 Å². The van der Waals surface area contributed by atoms with E-state index < -0.39 is 0 Å². The number of carbonyl (C=O) groups is 1. The number of hydrogen-bond donors (Lipinski definition) is 2. The standard InChI is InChI=1S/C14H19ClN2O/c1-9(12-5-3-4-6-13(12)15)16-10(2)14(18)17-11-7-8-11/h3-6,9-11,16H,7-8H2,1-2H3,(H,17,18)/t9-,10+/m1/s1. The molecule has 0 saturated heterocycles. The van der Waals surface area contributed by atoms with Gasteiger partial charge in [0.15, 0.2) is 0 Å². The molecule has 0 aromatic heterocycles. The van der Waals surface area contributed by atoms with E-state index in [-0.39, 0.29) is 18.0 Å². The zero-order valence-corrected chi connectivity index (χ0v) is 11.5. The van der Waals surface area contributed by atoms with Gasteiger partial charge in [0.2, 0.25) is 5.91 Å². The van der Waals surface area contributed by atoms with E-state index in [0.29, 0.717) is 6.04 Å². The minimum Gasteiger partial charge on any atom is -0.352 e. The maximum absolute atomic E-state index is 11.8. The van der Waals surface area contributed by atoms with Crippen LogP contribution < -0.4 is 10.6 Å². The van der Waals surface area contributed by atoms with E-state index in [1.807, 2.05) is 38.1 Å². The summed E-state index contributed by atoms with van der Waals surface area (Å²) < 4.78 is 0. The monoisotopic (exact) mass is 266 g/mol. The first-order chi connectivity index (χ1) is 8.58. The van der Waals surface area contributed by atoms with E-state index in [1.165, 1.54) is 0 Å². The maximum Gasteiger partial charge on any atom is 0.237 e. The second-order valence-corrected chi connectivity index (χ2v) is 5.32. The summed E-state index contributed by atoms with van der Waals surface area (Å²) in [5.74, 6) is 0.0661. The summed E-state index contributed by atoms with van der Waals surface area (Å²) in [5, 5.41) is 6.99. The highest BCUT2D eigenvalue weighted by Crippen LogP contribution is 2.23. The number of nitrogens with one attached hydrogen (secondary N) is 2. The van der Waals surface area contributed by atoms with E-state index in [1.54, 1.807) is 0 Å². The third-order valence-electron chi connectivity index (χ3n) is 3.19. The van der Waals surface area contributed by atoms with Crippen molar-refractivity contribution in [2.75, 3.05) is 0 Å². The minimum atomic E-state index is -0.211. The van der Waals surface area contributed by atoms with Gasteiger partial charge in [0.25, 0.3) is 0 Å². The van der Waals surface area contributed by atoms with Gasteiger partial charge in [0.1, 0.15) is 0 Å². The number of carbonyl (C=O) groups excluding carboxylic acids is 1. The van der Waals surface area contributed by atoms with Crippen molar-refractivity contribution in [3.8, 4) is 0 Å². The quantitative estimate of drug-likeness (QED) is 0.860. The number of hydrogen-bond acceptors (Lipinski definition) is 2. The number of rotatable bonds is 5. The van der Waals surface area contributed by atoms with Crippen molar-refractivity contribution < 1.29 is 4.79 Å². The van der Waals surface area contributed by atoms with Crippen LogP contribution in [0.2, 0.25) is 5.02 Å². The Balaban J connectivity index is 1.91. The number of benzene rings is 1. The molecule has 0 aliphatic heterocycles. The Morgan fingerprint density at radius 2 is 2.00 bits per heavy atom. The van der Waals surface area contributed by atoms with Crippen LogP contribution in [0.3, 0.4) is 0 Å². The first-order valence-electron chi connectivity index (χ1n) is 6.39. The predicted molar refractivity (Wildman–Crippen MR) is 73.6 cm³/mol. The van der Waals surface area contributed by atoms with Crippen LogP contribution in [0.1, 0.15) is 38.3 Å². The fourth-order valence-electron chi connectivity index (χ4n) is 1.92. The molecule has 0 unspecified atom stereocenters. The predicted octanol–water partition coefficient (Wildman–Crippen LogP) is 2.66. The molecule has 1 aromatic rings. The van der Waals surface area contributed by atoms with Gasteiger partial charge in [-0.15, -0.1) is 0 Å². The van der Waals surface area contributed by atoms with Crippen LogP contribution in [0.15, 0.2) is 24.3 Å². The zero-order valence-electron chi connectivity index (χ0n) is 10.7. The molecule has 1 saturated carbocycles. The molecule has 0 heterocycles. The summed E-state index contributed by atoms with van der Waals surface area (Å²) >= 11 is 6.14. The van der Waals surface area contributed by atoms with Crippen LogP contribution in [0.4, 0.5) is 0 Å². The highest BCUT2D eigenvalue weighted by molar-refractivity contribution is 6.31. The highest BCUT2D eigenvalue weighted by Gasteiger charge is 2.26. The maximum atomic E-state index is 11.8. The van der Waals surface area contributed by atoms with Gasteiger partial charge in [-0.2, -0.15) is 0 Å². The van der Waals surface area contributed by atoms with Gasteiger partial charge >= 0.3 is 0 Å². The highest BCUT2D eigenvalue weighted by atomic mass is 35.5. The van der Waals surface area contributed by atoms with Crippen LogP contribution in [0, 0.1) is 0 Å². The molecule has 1 fully saturated rings. The summed E-state index contributed by atoms with van der Waals surface area (Å²) in [6.45, 7) is 3.90. The second kappa shape index (κ2) is 5.72. The minimum absolute atomic E-state index is 0.0543. The van der Waals surface area contributed by atoms with E-state index in [9.17, 15) is 4.79 Å². The van der Waals surface area contributed by atoms with Crippen molar-refractivity contribution >= 4 is 17.5 Å². The van der Waals surface area contributed by atoms with Crippen molar-refractivity contribution in [1.29, 1.82) is 0 Å². The summed E-state index contributed by atoms with van der Waals surface area (Å²) in [6, 6.07) is 7.94. The molecule has 1 aliphatic carbocycles. The van der Waals surface area contributed by atoms with E-state index >= 15 is 0 Å². The zero-order chi connectivity index (χ0) is 13.1. The summed E-state index contributed by atoms with van der Waals surface area (Å²) in [6.07, 6.45) is 2.22. The Bertz CT molecular complexity index is 432. The normalized spacial score (nSPS) is 18.2. The second-order valence-electron chi connectivity index (χ2n) is 4.91. The molecule has 4 heteroatoms.